The average Bonchev–Trinajstić information content (AvgIpc) is 3.52. The maximum absolute atomic E-state index is 13.0. The zero-order valence-electron chi connectivity index (χ0n) is 29.4. The van der Waals surface area contributed by atoms with E-state index in [2.05, 4.69) is 42.0 Å². The predicted molar refractivity (Wildman–Crippen MR) is 197 cm³/mol. The van der Waals surface area contributed by atoms with Gasteiger partial charge in [0, 0.05) is 68.7 Å². The van der Waals surface area contributed by atoms with Gasteiger partial charge in [-0.15, -0.1) is 0 Å². The summed E-state index contributed by atoms with van der Waals surface area (Å²) in [5, 5.41) is 12.6. The molecule has 0 radical (unpaired) electrons. The Morgan fingerprint density at radius 2 is 1.43 bits per heavy atom. The number of hydrogen-bond donors (Lipinski definition) is 2. The summed E-state index contributed by atoms with van der Waals surface area (Å²) in [6.45, 7) is 4.14. The molecule has 12 heteroatoms. The molecule has 4 aromatic carbocycles. The maximum atomic E-state index is 13.0. The van der Waals surface area contributed by atoms with Gasteiger partial charge in [0.15, 0.2) is 6.29 Å². The third kappa shape index (κ3) is 7.50. The molecule has 2 saturated heterocycles. The van der Waals surface area contributed by atoms with Crippen molar-refractivity contribution in [2.75, 3.05) is 37.6 Å². The molecular formula is C42H39N5O7. The summed E-state index contributed by atoms with van der Waals surface area (Å²) < 4.78 is 18.5. The molecule has 274 valence electrons. The van der Waals surface area contributed by atoms with E-state index in [-0.39, 0.29) is 53.9 Å². The monoisotopic (exact) mass is 725 g/mol. The third-order valence-corrected chi connectivity index (χ3v) is 10.2. The smallest absolute Gasteiger partial charge is 0.346 e. The summed E-state index contributed by atoms with van der Waals surface area (Å²) in [6.07, 6.45) is 2.29. The van der Waals surface area contributed by atoms with Crippen LogP contribution in [0.5, 0.6) is 0 Å². The molecule has 2 fully saturated rings. The lowest BCUT2D eigenvalue weighted by Crippen LogP contribution is -2.51. The van der Waals surface area contributed by atoms with Crippen LogP contribution in [0.2, 0.25) is 0 Å². The van der Waals surface area contributed by atoms with Crippen LogP contribution < -0.4 is 10.2 Å². The molecule has 1 aromatic heterocycles. The lowest BCUT2D eigenvalue weighted by atomic mass is 9.83. The first kappa shape index (κ1) is 35.3. The van der Waals surface area contributed by atoms with Crippen LogP contribution in [0.15, 0.2) is 116 Å². The van der Waals surface area contributed by atoms with E-state index in [4.69, 9.17) is 9.47 Å². The Balaban J connectivity index is 1.01. The molecule has 3 aliphatic rings. The maximum Gasteiger partial charge on any atom is 0.346 e. The van der Waals surface area contributed by atoms with E-state index in [0.717, 1.165) is 59.9 Å². The summed E-state index contributed by atoms with van der Waals surface area (Å²) in [4.78, 5) is 50.2. The Morgan fingerprint density at radius 1 is 0.741 bits per heavy atom. The fourth-order valence-electron chi connectivity index (χ4n) is 7.31. The molecule has 54 heavy (non-hydrogen) atoms. The highest BCUT2D eigenvalue weighted by Gasteiger charge is 2.43. The Hall–Kier alpha value is -5.79. The predicted octanol–water partition coefficient (Wildman–Crippen LogP) is 4.97. The van der Waals surface area contributed by atoms with E-state index in [9.17, 15) is 19.5 Å². The van der Waals surface area contributed by atoms with Crippen LogP contribution >= 0.6 is 0 Å². The topological polar surface area (TPSA) is 143 Å². The highest BCUT2D eigenvalue weighted by molar-refractivity contribution is 6.15. The van der Waals surface area contributed by atoms with E-state index in [1.165, 1.54) is 18.2 Å². The van der Waals surface area contributed by atoms with Gasteiger partial charge in [-0.05, 0) is 46.5 Å². The number of aliphatic hydroxyl groups excluding tert-OH is 1. The van der Waals surface area contributed by atoms with Gasteiger partial charge in [-0.3, -0.25) is 9.69 Å². The van der Waals surface area contributed by atoms with Crippen molar-refractivity contribution in [3.63, 3.8) is 0 Å². The van der Waals surface area contributed by atoms with Gasteiger partial charge in [-0.1, -0.05) is 78.9 Å². The van der Waals surface area contributed by atoms with Gasteiger partial charge in [-0.25, -0.2) is 19.6 Å². The van der Waals surface area contributed by atoms with Crippen molar-refractivity contribution in [2.45, 2.75) is 37.6 Å². The minimum atomic E-state index is -0.755. The van der Waals surface area contributed by atoms with Gasteiger partial charge < -0.3 is 29.5 Å². The summed E-state index contributed by atoms with van der Waals surface area (Å²) in [5.41, 5.74) is 5.13. The first-order valence-corrected chi connectivity index (χ1v) is 18.0. The highest BCUT2D eigenvalue weighted by atomic mass is 16.7. The molecular weight excluding hydrogens is 686 g/mol. The third-order valence-electron chi connectivity index (χ3n) is 10.2. The van der Waals surface area contributed by atoms with E-state index in [1.54, 1.807) is 12.4 Å². The van der Waals surface area contributed by atoms with E-state index >= 15 is 0 Å². The summed E-state index contributed by atoms with van der Waals surface area (Å²) in [6, 6.07) is 32.1. The number of anilines is 1. The van der Waals surface area contributed by atoms with Gasteiger partial charge in [0.05, 0.1) is 29.9 Å². The number of benzene rings is 4. The van der Waals surface area contributed by atoms with Crippen LogP contribution in [0.1, 0.15) is 77.2 Å². The van der Waals surface area contributed by atoms with Crippen molar-refractivity contribution < 1.29 is 33.7 Å². The number of esters is 2. The van der Waals surface area contributed by atoms with Crippen molar-refractivity contribution in [2.24, 2.45) is 0 Å². The molecule has 4 heterocycles. The number of amides is 1. The number of ether oxygens (including phenoxy) is 3. The summed E-state index contributed by atoms with van der Waals surface area (Å²) in [7, 11) is 0. The standard InChI is InChI=1S/C42H39N5O7/c48-26-28-9-11-30(12-10-28)37-36(29-5-2-1-3-6-29)35(25-46-19-21-47(22-20-46)42-43-17-4-18-44-42)52-41(53-37)31-13-7-27(8-14-31)24-45-38(49)32-15-16-33-34(23-32)40(51)54-39(33)50/h1-18,23,35-37,41,48H,19-22,24-26H2,(H,45,49)/t35-,36-,37+,41?/m1/s1. The first-order chi connectivity index (χ1) is 26.4. The minimum Gasteiger partial charge on any atom is -0.392 e. The molecule has 8 rings (SSSR count). The number of cyclic esters (lactones) is 2. The van der Waals surface area contributed by atoms with Crippen molar-refractivity contribution in [3.8, 4) is 0 Å². The zero-order chi connectivity index (χ0) is 37.0. The van der Waals surface area contributed by atoms with Crippen molar-refractivity contribution >= 4 is 23.8 Å². The number of nitrogens with zero attached hydrogens (tertiary/aromatic N) is 4. The first-order valence-electron chi connectivity index (χ1n) is 18.0. The largest absolute Gasteiger partial charge is 0.392 e. The fraction of sp³-hybridized carbons (Fsp3) is 0.262. The number of aliphatic hydroxyl groups is 1. The van der Waals surface area contributed by atoms with Gasteiger partial charge in [-0.2, -0.15) is 0 Å². The van der Waals surface area contributed by atoms with Gasteiger partial charge in [0.25, 0.3) is 5.91 Å². The van der Waals surface area contributed by atoms with Crippen molar-refractivity contribution in [1.29, 1.82) is 0 Å². The Kier molecular flexibility index (Phi) is 10.2. The number of fused-ring (bicyclic) bond motifs is 1. The van der Waals surface area contributed by atoms with Crippen LogP contribution in [-0.4, -0.2) is 76.6 Å². The second kappa shape index (κ2) is 15.7. The number of carbonyl (C=O) groups excluding carboxylic acids is 3. The number of aromatic nitrogens is 2. The lowest BCUT2D eigenvalue weighted by Gasteiger charge is -2.45. The number of piperazine rings is 1. The van der Waals surface area contributed by atoms with Gasteiger partial charge >= 0.3 is 11.9 Å². The number of hydrogen-bond acceptors (Lipinski definition) is 11. The quantitative estimate of drug-likeness (QED) is 0.149. The van der Waals surface area contributed by atoms with Gasteiger partial charge in [0.1, 0.15) is 0 Å². The molecule has 0 spiro atoms. The normalized spacial score (nSPS) is 21.4. The summed E-state index contributed by atoms with van der Waals surface area (Å²) >= 11 is 0. The number of rotatable bonds is 10. The second-order valence-electron chi connectivity index (χ2n) is 13.6. The van der Waals surface area contributed by atoms with E-state index < -0.39 is 18.2 Å². The molecule has 4 atom stereocenters. The minimum absolute atomic E-state index is 0.0436. The van der Waals surface area contributed by atoms with Crippen LogP contribution in [0.3, 0.4) is 0 Å². The van der Waals surface area contributed by atoms with Crippen LogP contribution in [-0.2, 0) is 27.4 Å². The fourth-order valence-corrected chi connectivity index (χ4v) is 7.31. The number of nitrogens with one attached hydrogen (secondary N) is 1. The molecule has 3 aliphatic heterocycles. The van der Waals surface area contributed by atoms with Crippen molar-refractivity contribution in [3.05, 3.63) is 160 Å². The summed E-state index contributed by atoms with van der Waals surface area (Å²) in [5.74, 6) is -1.22. The Bertz CT molecular complexity index is 2110. The molecule has 2 N–H and O–H groups in total. The molecule has 5 aromatic rings. The molecule has 1 amide bonds. The molecule has 0 saturated carbocycles. The molecule has 1 unspecified atom stereocenters. The van der Waals surface area contributed by atoms with E-state index in [1.807, 2.05) is 72.8 Å². The van der Waals surface area contributed by atoms with Crippen LogP contribution in [0.4, 0.5) is 5.95 Å². The van der Waals surface area contributed by atoms with Crippen LogP contribution in [0, 0.1) is 0 Å². The lowest BCUT2D eigenvalue weighted by molar-refractivity contribution is -0.263. The molecule has 12 nitrogen and oxygen atoms in total. The highest BCUT2D eigenvalue weighted by Crippen LogP contribution is 2.47. The van der Waals surface area contributed by atoms with E-state index in [0.29, 0.717) is 6.54 Å². The zero-order valence-corrected chi connectivity index (χ0v) is 29.4. The molecule has 0 bridgehead atoms. The Labute approximate surface area is 312 Å². The van der Waals surface area contributed by atoms with Crippen LogP contribution in [0.25, 0.3) is 0 Å². The van der Waals surface area contributed by atoms with Crippen molar-refractivity contribution in [1.82, 2.24) is 20.2 Å². The van der Waals surface area contributed by atoms with Gasteiger partial charge in [0.2, 0.25) is 5.95 Å². The molecule has 0 aliphatic carbocycles. The SMILES string of the molecule is O=C(NCc1ccc(C2O[C@H](CN3CCN(c4ncccn4)CC3)[C@@H](c3ccccc3)[C@H](c3ccc(CO)cc3)O2)cc1)c1ccc2c(c1)C(=O)OC2=O. The number of carbonyl (C=O) groups is 3. The Morgan fingerprint density at radius 3 is 2.15 bits per heavy atom. The average molecular weight is 726 g/mol. The second-order valence-corrected chi connectivity index (χ2v) is 13.6.